The van der Waals surface area contributed by atoms with Crippen molar-refractivity contribution in [3.63, 3.8) is 0 Å². The number of carbonyl (C=O) groups excluding carboxylic acids is 1. The zero-order chi connectivity index (χ0) is 15.4. The number of aryl methyl sites for hydroxylation is 1. The maximum Gasteiger partial charge on any atom is 0.516 e. The van der Waals surface area contributed by atoms with Crippen LogP contribution in [0.25, 0.3) is 0 Å². The van der Waals surface area contributed by atoms with Gasteiger partial charge in [-0.05, 0) is 12.8 Å². The second kappa shape index (κ2) is 6.39. The van der Waals surface area contributed by atoms with E-state index in [1.165, 1.54) is 17.2 Å². The van der Waals surface area contributed by atoms with Crippen LogP contribution in [-0.4, -0.2) is 32.0 Å². The Hall–Kier alpha value is -1.36. The van der Waals surface area contributed by atoms with Crippen LogP contribution < -0.4 is 4.72 Å². The number of nitrogens with zero attached hydrogens (tertiary/aromatic N) is 1. The lowest BCUT2D eigenvalue weighted by Gasteiger charge is -2.07. The summed E-state index contributed by atoms with van der Waals surface area (Å²) in [5, 5.41) is 1.06. The summed E-state index contributed by atoms with van der Waals surface area (Å²) in [5.41, 5.74) is -4.98. The molecule has 0 aliphatic rings. The Labute approximate surface area is 117 Å². The molecule has 0 spiro atoms. The number of rotatable bonds is 6. The fourth-order valence-electron chi connectivity index (χ4n) is 1.16. The molecule has 114 valence electrons. The van der Waals surface area contributed by atoms with Crippen LogP contribution in [0.4, 0.5) is 18.3 Å². The Morgan fingerprint density at radius 2 is 2.15 bits per heavy atom. The number of halogens is 3. The lowest BCUT2D eigenvalue weighted by Crippen LogP contribution is -2.29. The average Bonchev–Trinajstić information content (AvgIpc) is 2.74. The summed E-state index contributed by atoms with van der Waals surface area (Å²) in [6, 6.07) is 0. The summed E-state index contributed by atoms with van der Waals surface area (Å²) >= 11 is 0.740. The molecule has 0 aromatic carbocycles. The third-order valence-electron chi connectivity index (χ3n) is 2.12. The van der Waals surface area contributed by atoms with Gasteiger partial charge in [0.1, 0.15) is 0 Å². The van der Waals surface area contributed by atoms with E-state index in [0.29, 0.717) is 18.5 Å². The van der Waals surface area contributed by atoms with E-state index in [2.05, 4.69) is 9.72 Å². The minimum absolute atomic E-state index is 0.150. The lowest BCUT2D eigenvalue weighted by molar-refractivity contribution is -0.140. The number of thiazole rings is 1. The van der Waals surface area contributed by atoms with Crippen molar-refractivity contribution in [2.75, 3.05) is 11.8 Å². The standard InChI is InChI=1S/C9H11F3N2O4S2/c1-18-7(15)4-2-3-6-5-19-8(13-6)14-20(16,17)9(10,11)12/h5H,2-4H2,1H3,(H,13,14). The molecular formula is C9H11F3N2O4S2. The number of carbonyl (C=O) groups is 1. The largest absolute Gasteiger partial charge is 0.516 e. The van der Waals surface area contributed by atoms with Crippen molar-refractivity contribution in [2.45, 2.75) is 24.8 Å². The van der Waals surface area contributed by atoms with Crippen LogP contribution in [0.1, 0.15) is 18.5 Å². The molecule has 0 amide bonds. The van der Waals surface area contributed by atoms with E-state index < -0.39 is 21.5 Å². The molecule has 1 rings (SSSR count). The van der Waals surface area contributed by atoms with Crippen molar-refractivity contribution >= 4 is 32.5 Å². The fraction of sp³-hybridized carbons (Fsp3) is 0.556. The number of ether oxygens (including phenoxy) is 1. The number of hydrogen-bond acceptors (Lipinski definition) is 6. The minimum atomic E-state index is -5.45. The Bertz CT molecular complexity index is 568. The number of nitrogens with one attached hydrogen (secondary N) is 1. The van der Waals surface area contributed by atoms with Crippen molar-refractivity contribution in [1.29, 1.82) is 0 Å². The van der Waals surface area contributed by atoms with Gasteiger partial charge in [0.2, 0.25) is 0 Å². The highest BCUT2D eigenvalue weighted by Crippen LogP contribution is 2.27. The second-order valence-electron chi connectivity index (χ2n) is 3.62. The van der Waals surface area contributed by atoms with Crippen LogP contribution in [0.5, 0.6) is 0 Å². The summed E-state index contributed by atoms with van der Waals surface area (Å²) in [6.07, 6.45) is 0.888. The van der Waals surface area contributed by atoms with Crippen molar-refractivity contribution in [2.24, 2.45) is 0 Å². The molecule has 0 saturated heterocycles. The van der Waals surface area contributed by atoms with Crippen LogP contribution in [0.2, 0.25) is 0 Å². The molecule has 0 atom stereocenters. The Kier molecular flexibility index (Phi) is 5.34. The number of anilines is 1. The van der Waals surface area contributed by atoms with Crippen LogP contribution in [0.3, 0.4) is 0 Å². The molecule has 6 nitrogen and oxygen atoms in total. The van der Waals surface area contributed by atoms with E-state index >= 15 is 0 Å². The first kappa shape index (κ1) is 16.7. The first-order chi connectivity index (χ1) is 9.15. The summed E-state index contributed by atoms with van der Waals surface area (Å²) in [6.45, 7) is 0. The van der Waals surface area contributed by atoms with Gasteiger partial charge in [0.25, 0.3) is 0 Å². The predicted molar refractivity (Wildman–Crippen MR) is 65.7 cm³/mol. The van der Waals surface area contributed by atoms with Crippen molar-refractivity contribution in [3.8, 4) is 0 Å². The highest BCUT2D eigenvalue weighted by atomic mass is 32.2. The summed E-state index contributed by atoms with van der Waals surface area (Å²) < 4.78 is 63.9. The molecule has 0 radical (unpaired) electrons. The van der Waals surface area contributed by atoms with E-state index in [9.17, 15) is 26.4 Å². The van der Waals surface area contributed by atoms with Crippen LogP contribution in [0, 0.1) is 0 Å². The number of methoxy groups -OCH3 is 1. The first-order valence-electron chi connectivity index (χ1n) is 5.26. The maximum atomic E-state index is 12.1. The minimum Gasteiger partial charge on any atom is -0.469 e. The quantitative estimate of drug-likeness (QED) is 0.804. The molecule has 20 heavy (non-hydrogen) atoms. The summed E-state index contributed by atoms with van der Waals surface area (Å²) in [7, 11) is -4.21. The van der Waals surface area contributed by atoms with Gasteiger partial charge >= 0.3 is 21.5 Å². The molecule has 1 heterocycles. The fourth-order valence-corrected chi connectivity index (χ4v) is 2.66. The van der Waals surface area contributed by atoms with Gasteiger partial charge < -0.3 is 4.74 Å². The molecule has 1 N–H and O–H groups in total. The molecule has 0 fully saturated rings. The highest BCUT2D eigenvalue weighted by Gasteiger charge is 2.46. The first-order valence-corrected chi connectivity index (χ1v) is 7.62. The van der Waals surface area contributed by atoms with Crippen molar-refractivity contribution < 1.29 is 31.1 Å². The van der Waals surface area contributed by atoms with Gasteiger partial charge in [-0.3, -0.25) is 9.52 Å². The lowest BCUT2D eigenvalue weighted by atomic mass is 10.2. The number of esters is 1. The van der Waals surface area contributed by atoms with E-state index in [-0.39, 0.29) is 11.6 Å². The molecule has 0 saturated carbocycles. The predicted octanol–water partition coefficient (Wildman–Crippen LogP) is 1.90. The molecule has 0 unspecified atom stereocenters. The maximum absolute atomic E-state index is 12.1. The number of aromatic nitrogens is 1. The Morgan fingerprint density at radius 1 is 1.50 bits per heavy atom. The molecule has 1 aromatic heterocycles. The molecular weight excluding hydrogens is 321 g/mol. The van der Waals surface area contributed by atoms with Crippen molar-refractivity contribution in [1.82, 2.24) is 4.98 Å². The van der Waals surface area contributed by atoms with Gasteiger partial charge in [0, 0.05) is 11.8 Å². The van der Waals surface area contributed by atoms with Crippen LogP contribution in [-0.2, 0) is 26.0 Å². The molecule has 11 heteroatoms. The molecule has 1 aromatic rings. The third-order valence-corrected chi connectivity index (χ3v) is 4.13. The topological polar surface area (TPSA) is 85.4 Å². The average molecular weight is 332 g/mol. The van der Waals surface area contributed by atoms with Gasteiger partial charge in [-0.2, -0.15) is 21.6 Å². The smallest absolute Gasteiger partial charge is 0.469 e. The molecule has 0 aliphatic carbocycles. The summed E-state index contributed by atoms with van der Waals surface area (Å²) in [5.74, 6) is -0.404. The Balaban J connectivity index is 2.58. The number of hydrogen-bond donors (Lipinski definition) is 1. The number of alkyl halides is 3. The monoisotopic (exact) mass is 332 g/mol. The van der Waals surface area contributed by atoms with Gasteiger partial charge in [-0.1, -0.05) is 0 Å². The molecule has 0 aliphatic heterocycles. The normalized spacial score (nSPS) is 12.2. The Morgan fingerprint density at radius 3 is 2.70 bits per heavy atom. The van der Waals surface area contributed by atoms with Gasteiger partial charge in [0.15, 0.2) is 5.13 Å². The van der Waals surface area contributed by atoms with E-state index in [4.69, 9.17) is 0 Å². The third kappa shape index (κ3) is 4.63. The van der Waals surface area contributed by atoms with Crippen LogP contribution >= 0.6 is 11.3 Å². The van der Waals surface area contributed by atoms with E-state index in [1.807, 2.05) is 0 Å². The van der Waals surface area contributed by atoms with Gasteiger partial charge in [-0.25, -0.2) is 4.98 Å². The number of sulfonamides is 1. The zero-order valence-electron chi connectivity index (χ0n) is 10.2. The van der Waals surface area contributed by atoms with Gasteiger partial charge in [0.05, 0.1) is 12.8 Å². The highest BCUT2D eigenvalue weighted by molar-refractivity contribution is 7.93. The second-order valence-corrected chi connectivity index (χ2v) is 6.16. The van der Waals surface area contributed by atoms with Gasteiger partial charge in [-0.15, -0.1) is 11.3 Å². The zero-order valence-corrected chi connectivity index (χ0v) is 11.9. The van der Waals surface area contributed by atoms with E-state index in [0.717, 1.165) is 11.3 Å². The summed E-state index contributed by atoms with van der Waals surface area (Å²) in [4.78, 5) is 14.6. The van der Waals surface area contributed by atoms with Crippen molar-refractivity contribution in [3.05, 3.63) is 11.1 Å². The molecule has 0 bridgehead atoms. The van der Waals surface area contributed by atoms with E-state index in [1.54, 1.807) is 0 Å². The van der Waals surface area contributed by atoms with Crippen LogP contribution in [0.15, 0.2) is 5.38 Å². The SMILES string of the molecule is COC(=O)CCCc1csc(NS(=O)(=O)C(F)(F)F)n1.